The van der Waals surface area contributed by atoms with Crippen LogP contribution in [0.4, 0.5) is 0 Å². The van der Waals surface area contributed by atoms with Gasteiger partial charge in [0, 0.05) is 13.2 Å². The molecule has 0 radical (unpaired) electrons. The largest absolute Gasteiger partial charge is 0.494 e. The van der Waals surface area contributed by atoms with E-state index < -0.39 is 0 Å². The van der Waals surface area contributed by atoms with Crippen molar-refractivity contribution in [3.8, 4) is 16.9 Å². The molecule has 0 unspecified atom stereocenters. The highest BCUT2D eigenvalue weighted by Gasteiger charge is 2.06. The lowest BCUT2D eigenvalue weighted by Crippen LogP contribution is -2.17. The molecule has 0 fully saturated rings. The van der Waals surface area contributed by atoms with Crippen LogP contribution in [0.1, 0.15) is 71.6 Å². The highest BCUT2D eigenvalue weighted by Crippen LogP contribution is 2.22. The molecule has 2 aromatic carbocycles. The SMILES string of the molecule is CCOC(CCCCCCCCCCOc1ccc(-c2ccccc2)cc1)OCC. The molecule has 0 saturated heterocycles. The average molecular weight is 413 g/mol. The van der Waals surface area contributed by atoms with E-state index in [9.17, 15) is 0 Å². The van der Waals surface area contributed by atoms with E-state index in [4.69, 9.17) is 14.2 Å². The van der Waals surface area contributed by atoms with Crippen LogP contribution in [0.2, 0.25) is 0 Å². The van der Waals surface area contributed by atoms with Gasteiger partial charge in [0.05, 0.1) is 6.61 Å². The molecule has 0 N–H and O–H groups in total. The number of ether oxygens (including phenoxy) is 3. The van der Waals surface area contributed by atoms with Gasteiger partial charge in [-0.15, -0.1) is 0 Å². The van der Waals surface area contributed by atoms with Crippen molar-refractivity contribution in [2.24, 2.45) is 0 Å². The molecule has 0 aliphatic rings. The quantitative estimate of drug-likeness (QED) is 0.197. The fraction of sp³-hybridized carbons (Fsp3) is 0.556. The number of benzene rings is 2. The third kappa shape index (κ3) is 10.3. The molecule has 2 aromatic rings. The Morgan fingerprint density at radius 3 is 1.73 bits per heavy atom. The second-order valence-corrected chi connectivity index (χ2v) is 7.70. The van der Waals surface area contributed by atoms with E-state index in [1.807, 2.05) is 19.9 Å². The molecular formula is C27H40O3. The lowest BCUT2D eigenvalue weighted by Gasteiger charge is -2.16. The van der Waals surface area contributed by atoms with Gasteiger partial charge in [-0.2, -0.15) is 0 Å². The molecule has 166 valence electrons. The van der Waals surface area contributed by atoms with Crippen molar-refractivity contribution < 1.29 is 14.2 Å². The number of unbranched alkanes of at least 4 members (excludes halogenated alkanes) is 7. The molecule has 2 rings (SSSR count). The van der Waals surface area contributed by atoms with Crippen molar-refractivity contribution in [2.75, 3.05) is 19.8 Å². The van der Waals surface area contributed by atoms with Gasteiger partial charge < -0.3 is 14.2 Å². The minimum absolute atomic E-state index is 0.00505. The van der Waals surface area contributed by atoms with Gasteiger partial charge in [-0.3, -0.25) is 0 Å². The molecule has 0 heterocycles. The van der Waals surface area contributed by atoms with E-state index in [2.05, 4.69) is 48.5 Å². The van der Waals surface area contributed by atoms with Crippen LogP contribution in [-0.4, -0.2) is 26.1 Å². The third-order valence-corrected chi connectivity index (χ3v) is 5.27. The van der Waals surface area contributed by atoms with E-state index >= 15 is 0 Å². The molecule has 0 amide bonds. The summed E-state index contributed by atoms with van der Waals surface area (Å²) >= 11 is 0. The van der Waals surface area contributed by atoms with E-state index in [-0.39, 0.29) is 6.29 Å². The van der Waals surface area contributed by atoms with Gasteiger partial charge in [0.25, 0.3) is 0 Å². The van der Waals surface area contributed by atoms with Gasteiger partial charge in [0.2, 0.25) is 0 Å². The Morgan fingerprint density at radius 1 is 0.600 bits per heavy atom. The first kappa shape index (κ1) is 24.4. The minimum atomic E-state index is -0.00505. The van der Waals surface area contributed by atoms with Crippen LogP contribution in [0.5, 0.6) is 5.75 Å². The molecular weight excluding hydrogens is 372 g/mol. The van der Waals surface area contributed by atoms with Crippen molar-refractivity contribution in [3.05, 3.63) is 54.6 Å². The summed E-state index contributed by atoms with van der Waals surface area (Å²) in [7, 11) is 0. The maximum absolute atomic E-state index is 5.89. The van der Waals surface area contributed by atoms with Gasteiger partial charge in [-0.1, -0.05) is 81.0 Å². The summed E-state index contributed by atoms with van der Waals surface area (Å²) in [4.78, 5) is 0. The van der Waals surface area contributed by atoms with E-state index in [0.29, 0.717) is 0 Å². The van der Waals surface area contributed by atoms with E-state index in [1.165, 1.54) is 56.1 Å². The Balaban J connectivity index is 1.44. The lowest BCUT2D eigenvalue weighted by molar-refractivity contribution is -0.140. The Morgan fingerprint density at radius 2 is 1.13 bits per heavy atom. The average Bonchev–Trinajstić information content (AvgIpc) is 2.78. The normalized spacial score (nSPS) is 11.2. The zero-order valence-electron chi connectivity index (χ0n) is 19.0. The molecule has 30 heavy (non-hydrogen) atoms. The summed E-state index contributed by atoms with van der Waals surface area (Å²) in [6, 6.07) is 18.9. The first-order valence-electron chi connectivity index (χ1n) is 11.8. The number of rotatable bonds is 17. The molecule has 3 nitrogen and oxygen atoms in total. The van der Waals surface area contributed by atoms with Gasteiger partial charge >= 0.3 is 0 Å². The Hall–Kier alpha value is -1.84. The van der Waals surface area contributed by atoms with Gasteiger partial charge in [0.1, 0.15) is 5.75 Å². The van der Waals surface area contributed by atoms with Crippen LogP contribution in [0.25, 0.3) is 11.1 Å². The summed E-state index contributed by atoms with van der Waals surface area (Å²) in [5.41, 5.74) is 2.47. The highest BCUT2D eigenvalue weighted by atomic mass is 16.7. The molecule has 3 heteroatoms. The standard InChI is InChI=1S/C27H40O3/c1-3-28-27(29-4-2)18-14-9-7-5-6-8-10-15-23-30-26-21-19-25(20-22-26)24-16-12-11-13-17-24/h11-13,16-17,19-22,27H,3-10,14-15,18,23H2,1-2H3. The van der Waals surface area contributed by atoms with Crippen molar-refractivity contribution >= 4 is 0 Å². The Kier molecular flexibility index (Phi) is 13.0. The number of hydrogen-bond donors (Lipinski definition) is 0. The summed E-state index contributed by atoms with van der Waals surface area (Å²) in [6.45, 7) is 6.32. The summed E-state index contributed by atoms with van der Waals surface area (Å²) in [6.07, 6.45) is 11.1. The zero-order chi connectivity index (χ0) is 21.3. The summed E-state index contributed by atoms with van der Waals surface area (Å²) in [5, 5.41) is 0. The predicted octanol–water partition coefficient (Wildman–Crippen LogP) is 7.64. The fourth-order valence-corrected chi connectivity index (χ4v) is 3.62. The van der Waals surface area contributed by atoms with Crippen LogP contribution in [0, 0.1) is 0 Å². The maximum atomic E-state index is 5.89. The second-order valence-electron chi connectivity index (χ2n) is 7.70. The highest BCUT2D eigenvalue weighted by molar-refractivity contribution is 5.63. The fourth-order valence-electron chi connectivity index (χ4n) is 3.62. The lowest BCUT2D eigenvalue weighted by atomic mass is 10.1. The Labute approximate surface area is 183 Å². The zero-order valence-corrected chi connectivity index (χ0v) is 19.0. The van der Waals surface area contributed by atoms with E-state index in [1.54, 1.807) is 0 Å². The topological polar surface area (TPSA) is 27.7 Å². The monoisotopic (exact) mass is 412 g/mol. The molecule has 0 aliphatic heterocycles. The van der Waals surface area contributed by atoms with Crippen molar-refractivity contribution in [3.63, 3.8) is 0 Å². The van der Waals surface area contributed by atoms with Crippen molar-refractivity contribution in [1.82, 2.24) is 0 Å². The maximum Gasteiger partial charge on any atom is 0.157 e. The second kappa shape index (κ2) is 15.9. The van der Waals surface area contributed by atoms with Crippen LogP contribution < -0.4 is 4.74 Å². The molecule has 0 bridgehead atoms. The van der Waals surface area contributed by atoms with Crippen LogP contribution in [-0.2, 0) is 9.47 Å². The van der Waals surface area contributed by atoms with E-state index in [0.717, 1.165) is 38.4 Å². The van der Waals surface area contributed by atoms with Crippen LogP contribution in [0.3, 0.4) is 0 Å². The smallest absolute Gasteiger partial charge is 0.157 e. The van der Waals surface area contributed by atoms with Crippen LogP contribution in [0.15, 0.2) is 54.6 Å². The van der Waals surface area contributed by atoms with Gasteiger partial charge in [-0.25, -0.2) is 0 Å². The number of hydrogen-bond acceptors (Lipinski definition) is 3. The summed E-state index contributed by atoms with van der Waals surface area (Å²) < 4.78 is 17.1. The third-order valence-electron chi connectivity index (χ3n) is 5.27. The first-order valence-corrected chi connectivity index (χ1v) is 11.8. The molecule has 0 saturated carbocycles. The molecule has 0 aromatic heterocycles. The molecule has 0 aliphatic carbocycles. The Bertz CT molecular complexity index is 633. The molecule has 0 spiro atoms. The summed E-state index contributed by atoms with van der Waals surface area (Å²) in [5.74, 6) is 0.965. The van der Waals surface area contributed by atoms with Gasteiger partial charge in [-0.05, 0) is 56.4 Å². The van der Waals surface area contributed by atoms with Gasteiger partial charge in [0.15, 0.2) is 6.29 Å². The molecule has 0 atom stereocenters. The van der Waals surface area contributed by atoms with Crippen molar-refractivity contribution in [1.29, 1.82) is 0 Å². The minimum Gasteiger partial charge on any atom is -0.494 e. The first-order chi connectivity index (χ1) is 14.8. The van der Waals surface area contributed by atoms with Crippen molar-refractivity contribution in [2.45, 2.75) is 77.9 Å². The predicted molar refractivity (Wildman–Crippen MR) is 126 cm³/mol. The van der Waals surface area contributed by atoms with Crippen LogP contribution >= 0.6 is 0 Å².